The zero-order chi connectivity index (χ0) is 47.0. The summed E-state index contributed by atoms with van der Waals surface area (Å²) in [6.07, 6.45) is -6.93. The third-order valence-electron chi connectivity index (χ3n) is 13.8. The molecule has 17 nitrogen and oxygen atoms in total. The zero-order valence-electron chi connectivity index (χ0n) is 40.6. The maximum Gasteiger partial charge on any atom is 0.407 e. The fraction of sp³-hybridized carbons (Fsp3) is 0.956. The maximum atomic E-state index is 14.5. The maximum absolute atomic E-state index is 14.5. The lowest BCUT2D eigenvalue weighted by atomic mass is 9.75. The fourth-order valence-corrected chi connectivity index (χ4v) is 9.71. The number of carbonyl (C=O) groups excluding carboxylic acids is 2. The third kappa shape index (κ3) is 13.0. The number of hydrogen-bond acceptors (Lipinski definition) is 16. The molecule has 364 valence electrons. The number of rotatable bonds is 14. The number of amides is 1. The van der Waals surface area contributed by atoms with E-state index < -0.39 is 102 Å². The number of methoxy groups -OCH3 is 1. The number of hydrogen-bond donors (Lipinski definition) is 7. The highest BCUT2D eigenvalue weighted by Crippen LogP contribution is 2.43. The number of alkyl carbamates (subject to hydrolysis) is 1. The Morgan fingerprint density at radius 3 is 2.16 bits per heavy atom. The van der Waals surface area contributed by atoms with Crippen LogP contribution in [-0.4, -0.2) is 175 Å². The van der Waals surface area contributed by atoms with E-state index in [1.807, 2.05) is 53.6 Å². The number of carbonyl (C=O) groups is 2. The monoisotopic (exact) mass is 891 g/mol. The molecule has 0 radical (unpaired) electrons. The van der Waals surface area contributed by atoms with Crippen LogP contribution in [0.15, 0.2) is 0 Å². The Kier molecular flexibility index (Phi) is 20.4. The van der Waals surface area contributed by atoms with Gasteiger partial charge < -0.3 is 74.4 Å². The average molecular weight is 891 g/mol. The first-order valence-corrected chi connectivity index (χ1v) is 23.1. The molecule has 0 spiro atoms. The van der Waals surface area contributed by atoms with E-state index in [9.17, 15) is 30.0 Å². The lowest BCUT2D eigenvalue weighted by Gasteiger charge is -2.53. The molecule has 3 fully saturated rings. The van der Waals surface area contributed by atoms with Crippen molar-refractivity contribution in [1.82, 2.24) is 20.9 Å². The summed E-state index contributed by atoms with van der Waals surface area (Å²) >= 11 is 0. The van der Waals surface area contributed by atoms with Gasteiger partial charge in [0.15, 0.2) is 18.7 Å². The van der Waals surface area contributed by atoms with E-state index in [4.69, 9.17) is 33.2 Å². The van der Waals surface area contributed by atoms with Crippen LogP contribution < -0.4 is 16.0 Å². The summed E-state index contributed by atoms with van der Waals surface area (Å²) in [7, 11) is 5.32. The summed E-state index contributed by atoms with van der Waals surface area (Å²) in [6, 6.07) is -0.938. The van der Waals surface area contributed by atoms with E-state index in [1.54, 1.807) is 41.5 Å². The van der Waals surface area contributed by atoms with Crippen LogP contribution in [-0.2, 0) is 38.0 Å². The summed E-state index contributed by atoms with van der Waals surface area (Å²) in [5, 5.41) is 57.6. The molecule has 0 saturated carbocycles. The minimum absolute atomic E-state index is 0.0701. The van der Waals surface area contributed by atoms with Crippen molar-refractivity contribution in [2.75, 3.05) is 47.4 Å². The molecule has 0 aromatic rings. The van der Waals surface area contributed by atoms with Gasteiger partial charge in [0.05, 0.1) is 42.0 Å². The third-order valence-corrected chi connectivity index (χ3v) is 13.8. The summed E-state index contributed by atoms with van der Waals surface area (Å²) in [6.45, 7) is 23.2. The standard InChI is InChI=1S/C45H86N4O13/c1-16-19-46-25-45(55)31(9)58-34(23-43(45,11)56-15)60-35-28(6)38(62-40-36(61-41(52)47-20-17-2)32(49(13)14)21-27(5)57-40)42(10,53)22-26(4)24-48-30(8)37(50)44(12,54)33(18-3)59-39(51)29(35)7/h26-38,40,46,48,50,53-55H,16-25H2,1-15H3,(H,47,52)/t26-,27-,28+,29-,30-,31+,32+,33-,34+,35+,36-,37-,38-,40+,42-,43-,44-,45+/m1/s1. The Morgan fingerprint density at radius 1 is 0.935 bits per heavy atom. The molecule has 0 aromatic carbocycles. The normalized spacial score (nSPS) is 44.2. The molecule has 0 aromatic heterocycles. The second-order valence-electron chi connectivity index (χ2n) is 19.5. The summed E-state index contributed by atoms with van der Waals surface area (Å²) in [4.78, 5) is 29.6. The molecule has 1 amide bonds. The van der Waals surface area contributed by atoms with E-state index in [1.165, 1.54) is 14.0 Å². The first kappa shape index (κ1) is 54.6. The van der Waals surface area contributed by atoms with Gasteiger partial charge in [0, 0.05) is 38.6 Å². The number of cyclic esters (lactones) is 1. The summed E-state index contributed by atoms with van der Waals surface area (Å²) in [5.74, 6) is -2.82. The summed E-state index contributed by atoms with van der Waals surface area (Å²) in [5.41, 5.74) is -6.09. The van der Waals surface area contributed by atoms with E-state index in [2.05, 4.69) is 16.0 Å². The second-order valence-corrected chi connectivity index (χ2v) is 19.5. The first-order chi connectivity index (χ1) is 28.8. The molecule has 18 atom stereocenters. The molecular formula is C45H86N4O13. The van der Waals surface area contributed by atoms with Gasteiger partial charge in [0.2, 0.25) is 0 Å². The Bertz CT molecular complexity index is 1390. The quantitative estimate of drug-likeness (QED) is 0.0985. The van der Waals surface area contributed by atoms with Crippen molar-refractivity contribution in [2.24, 2.45) is 17.8 Å². The molecule has 0 unspecified atom stereocenters. The molecule has 0 aliphatic carbocycles. The van der Waals surface area contributed by atoms with Crippen molar-refractivity contribution < 1.29 is 63.2 Å². The highest BCUT2D eigenvalue weighted by Gasteiger charge is 2.58. The number of likely N-dealkylation sites (N-methyl/N-ethyl adjacent to an activating group) is 1. The van der Waals surface area contributed by atoms with Crippen LogP contribution in [0.2, 0.25) is 0 Å². The predicted molar refractivity (Wildman–Crippen MR) is 234 cm³/mol. The van der Waals surface area contributed by atoms with E-state index in [0.29, 0.717) is 32.5 Å². The number of nitrogens with zero attached hydrogens (tertiary/aromatic N) is 1. The van der Waals surface area contributed by atoms with Gasteiger partial charge in [-0.15, -0.1) is 0 Å². The molecule has 0 bridgehead atoms. The minimum atomic E-state index is -1.84. The van der Waals surface area contributed by atoms with Crippen molar-refractivity contribution in [1.29, 1.82) is 0 Å². The lowest BCUT2D eigenvalue weighted by molar-refractivity contribution is -0.336. The van der Waals surface area contributed by atoms with Gasteiger partial charge in [0.25, 0.3) is 0 Å². The zero-order valence-corrected chi connectivity index (χ0v) is 40.6. The fourth-order valence-electron chi connectivity index (χ4n) is 9.71. The van der Waals surface area contributed by atoms with Crippen molar-refractivity contribution >= 4 is 12.1 Å². The number of aliphatic hydroxyl groups excluding tert-OH is 1. The number of esters is 1. The van der Waals surface area contributed by atoms with Gasteiger partial charge in [-0.1, -0.05) is 34.6 Å². The van der Waals surface area contributed by atoms with Gasteiger partial charge in [0.1, 0.15) is 29.0 Å². The smallest absolute Gasteiger partial charge is 0.407 e. The Labute approximate surface area is 371 Å². The van der Waals surface area contributed by atoms with E-state index in [0.717, 1.165) is 6.42 Å². The van der Waals surface area contributed by atoms with E-state index >= 15 is 0 Å². The van der Waals surface area contributed by atoms with Crippen LogP contribution in [0.3, 0.4) is 0 Å². The molecule has 3 aliphatic heterocycles. The number of nitrogens with one attached hydrogen (secondary N) is 3. The van der Waals surface area contributed by atoms with Crippen LogP contribution in [0.4, 0.5) is 4.79 Å². The van der Waals surface area contributed by atoms with Crippen LogP contribution in [0.1, 0.15) is 122 Å². The Morgan fingerprint density at radius 2 is 1.58 bits per heavy atom. The van der Waals surface area contributed by atoms with Gasteiger partial charge in [-0.25, -0.2) is 4.79 Å². The summed E-state index contributed by atoms with van der Waals surface area (Å²) < 4.78 is 45.1. The van der Waals surface area contributed by atoms with Gasteiger partial charge in [-0.05, 0) is 114 Å². The van der Waals surface area contributed by atoms with Crippen molar-refractivity contribution in [3.8, 4) is 0 Å². The molecule has 62 heavy (non-hydrogen) atoms. The molecule has 3 rings (SSSR count). The van der Waals surface area contributed by atoms with Gasteiger partial charge >= 0.3 is 12.1 Å². The number of ether oxygens (including phenoxy) is 7. The SMILES string of the molecule is CCCNC[C@]1(O)[C@H](C)O[C@@H](O[C@H]2[C@H](C)[C@@H](O[C@@H]3O[C@H](C)C[C@H](N(C)C)[C@H]3OC(=O)NCCC)[C@](C)(O)C[C@@H](C)CN[C@H](C)[C@@H](O)[C@](C)(O)[C@@H](CC)OC(=O)[C@@H]2C)C[C@@]1(C)OC. The Balaban J connectivity index is 2.22. The topological polar surface area (TPSA) is 219 Å². The van der Waals surface area contributed by atoms with Crippen molar-refractivity contribution in [2.45, 2.75) is 211 Å². The largest absolute Gasteiger partial charge is 0.459 e. The van der Waals surface area contributed by atoms with Gasteiger partial charge in [-0.3, -0.25) is 4.79 Å². The molecule has 3 aliphatic rings. The lowest BCUT2D eigenvalue weighted by Crippen LogP contribution is -2.70. The highest BCUT2D eigenvalue weighted by molar-refractivity contribution is 5.73. The van der Waals surface area contributed by atoms with Crippen LogP contribution in [0.5, 0.6) is 0 Å². The first-order valence-electron chi connectivity index (χ1n) is 23.1. The van der Waals surface area contributed by atoms with Crippen LogP contribution in [0.25, 0.3) is 0 Å². The predicted octanol–water partition coefficient (Wildman–Crippen LogP) is 3.07. The van der Waals surface area contributed by atoms with E-state index in [-0.39, 0.29) is 43.9 Å². The molecular weight excluding hydrogens is 805 g/mol. The van der Waals surface area contributed by atoms with Gasteiger partial charge in [-0.2, -0.15) is 0 Å². The highest BCUT2D eigenvalue weighted by atomic mass is 16.7. The average Bonchev–Trinajstić information content (AvgIpc) is 3.20. The molecule has 3 saturated heterocycles. The van der Waals surface area contributed by atoms with Crippen molar-refractivity contribution in [3.05, 3.63) is 0 Å². The minimum Gasteiger partial charge on any atom is -0.459 e. The second kappa shape index (κ2) is 23.1. The van der Waals surface area contributed by atoms with Crippen LogP contribution >= 0.6 is 0 Å². The Hall–Kier alpha value is -1.74. The van der Waals surface area contributed by atoms with Crippen molar-refractivity contribution in [3.63, 3.8) is 0 Å². The number of aliphatic hydroxyl groups is 4. The van der Waals surface area contributed by atoms with Crippen LogP contribution in [0, 0.1) is 17.8 Å². The molecule has 3 heterocycles. The molecule has 7 N–H and O–H groups in total. The molecule has 17 heteroatoms.